The Kier molecular flexibility index (Phi) is 9.15. The zero-order chi connectivity index (χ0) is 37.5. The van der Waals surface area contributed by atoms with E-state index in [1.165, 1.54) is 6.92 Å². The number of hydrogen-bond donors (Lipinski definition) is 2. The molecule has 0 saturated heterocycles. The van der Waals surface area contributed by atoms with Gasteiger partial charge in [-0.05, 0) is 118 Å². The topological polar surface area (TPSA) is 184 Å². The van der Waals surface area contributed by atoms with E-state index in [1.807, 2.05) is 13.0 Å². The number of rotatable bonds is 8. The van der Waals surface area contributed by atoms with Gasteiger partial charge in [-0.3, -0.25) is 19.2 Å². The van der Waals surface area contributed by atoms with Crippen molar-refractivity contribution in [3.8, 4) is 0 Å². The minimum absolute atomic E-state index is 0.00904. The molecule has 4 saturated carbocycles. The predicted octanol–water partition coefficient (Wildman–Crippen LogP) is 5.54. The Balaban J connectivity index is 1.39. The van der Waals surface area contributed by atoms with Crippen LogP contribution in [0.25, 0.3) is 0 Å². The van der Waals surface area contributed by atoms with Crippen LogP contribution in [0, 0.1) is 57.2 Å². The fourth-order valence-corrected chi connectivity index (χ4v) is 12.1. The number of ketones is 1. The molecule has 4 fully saturated rings. The predicted molar refractivity (Wildman–Crippen MR) is 183 cm³/mol. The highest BCUT2D eigenvalue weighted by molar-refractivity contribution is 7.72. The van der Waals surface area contributed by atoms with Crippen LogP contribution in [0.4, 0.5) is 0 Å². The summed E-state index contributed by atoms with van der Waals surface area (Å²) in [6.07, 6.45) is 6.07. The van der Waals surface area contributed by atoms with Crippen molar-refractivity contribution in [2.24, 2.45) is 50.2 Å². The molecule has 0 radical (unpaired) electrons. The minimum Gasteiger partial charge on any atom is -0.481 e. The van der Waals surface area contributed by atoms with Gasteiger partial charge in [0, 0.05) is 5.92 Å². The number of allylic oxidation sites excluding steroid dienone is 2. The monoisotopic (exact) mass is 732 g/mol. The molecule has 0 aliphatic heterocycles. The maximum absolute atomic E-state index is 14.8. The molecule has 51 heavy (non-hydrogen) atoms. The van der Waals surface area contributed by atoms with Crippen LogP contribution < -0.4 is 5.82 Å². The molecule has 282 valence electrons. The van der Waals surface area contributed by atoms with Gasteiger partial charge in [-0.1, -0.05) is 33.3 Å². The van der Waals surface area contributed by atoms with Crippen LogP contribution >= 0.6 is 0 Å². The number of carboxylic acids is 1. The first-order valence-corrected chi connectivity index (χ1v) is 19.6. The maximum atomic E-state index is 14.8. The number of hydrogen-bond acceptors (Lipinski definition) is 11. The number of thiol groups is 1. The average Bonchev–Trinajstić information content (AvgIpc) is 3.38. The molecule has 0 bridgehead atoms. The van der Waals surface area contributed by atoms with Gasteiger partial charge in [0.1, 0.15) is 22.2 Å². The third kappa shape index (κ3) is 5.66. The Morgan fingerprint density at radius 1 is 0.941 bits per heavy atom. The first-order chi connectivity index (χ1) is 23.6. The van der Waals surface area contributed by atoms with E-state index in [0.717, 1.165) is 24.8 Å². The van der Waals surface area contributed by atoms with Crippen LogP contribution in [0.3, 0.4) is 0 Å². The first kappa shape index (κ1) is 37.5. The molecular weight excluding hydrogens is 680 g/mol. The van der Waals surface area contributed by atoms with Gasteiger partial charge >= 0.3 is 23.7 Å². The van der Waals surface area contributed by atoms with E-state index < -0.39 is 74.0 Å². The van der Waals surface area contributed by atoms with Crippen molar-refractivity contribution in [1.82, 2.24) is 0 Å². The molecule has 0 aromatic carbocycles. The maximum Gasteiger partial charge on any atom is 0.519 e. The van der Waals surface area contributed by atoms with Gasteiger partial charge in [-0.15, -0.1) is 0 Å². The summed E-state index contributed by atoms with van der Waals surface area (Å²) in [7, 11) is -2.80. The molecule has 1 aromatic rings. The summed E-state index contributed by atoms with van der Waals surface area (Å²) in [4.78, 5) is 66.3. The first-order valence-electron chi connectivity index (χ1n) is 18.2. The summed E-state index contributed by atoms with van der Waals surface area (Å²) in [6.45, 7) is 13.5. The van der Waals surface area contributed by atoms with Crippen molar-refractivity contribution in [2.75, 3.05) is 5.75 Å². The number of carbonyl (C=O) groups excluding carboxylic acids is 3. The van der Waals surface area contributed by atoms with E-state index in [4.69, 9.17) is 18.3 Å². The van der Waals surface area contributed by atoms with Crippen LogP contribution in [0.1, 0.15) is 117 Å². The fourth-order valence-electron chi connectivity index (χ4n) is 11.7. The number of ether oxygens (including phenoxy) is 2. The summed E-state index contributed by atoms with van der Waals surface area (Å²) < 4.78 is 44.2. The lowest BCUT2D eigenvalue weighted by atomic mass is 9.33. The number of carbonyl (C=O) groups is 4. The Morgan fingerprint density at radius 2 is 1.63 bits per heavy atom. The molecule has 1 heterocycles. The highest BCUT2D eigenvalue weighted by atomic mass is 32.2. The molecule has 0 unspecified atom stereocenters. The molecule has 1 aromatic heterocycles. The number of aryl methyl sites for hydroxylation is 1. The van der Waals surface area contributed by atoms with Crippen molar-refractivity contribution in [1.29, 1.82) is 0 Å². The summed E-state index contributed by atoms with van der Waals surface area (Å²) >= 11 is 0. The second-order valence-corrected chi connectivity index (χ2v) is 18.8. The van der Waals surface area contributed by atoms with Gasteiger partial charge in [0.05, 0.1) is 17.6 Å². The Bertz CT molecular complexity index is 1810. The molecule has 10 atom stereocenters. The van der Waals surface area contributed by atoms with Gasteiger partial charge in [0.15, 0.2) is 23.9 Å². The average molecular weight is 733 g/mol. The standard InChI is InChI=1S/C38H52O12S/c1-21-25(49-32(44)48-21)20-47-31(43)38(7)26-8-12-37(6)29(35(26,4)11-9-27(38)50-28(40)10-17-51(45)46)24(39)18-22-23-19-34(3,30(41)42)14-13-33(23,2)15-16-36(22,37)5/h18,23,26-27,29,51H,8-17,19-20H2,1-7H3,(H,41,42)/t23-,26+,27-,29+,33+,34-,35-,36+,37+,38-/m0/s1. The van der Waals surface area contributed by atoms with Crippen molar-refractivity contribution >= 4 is 34.4 Å². The van der Waals surface area contributed by atoms with E-state index >= 15 is 0 Å². The fraction of sp³-hybridized carbons (Fsp3) is 0.763. The smallest absolute Gasteiger partial charge is 0.481 e. The molecule has 13 heteroatoms. The van der Waals surface area contributed by atoms with Crippen LogP contribution in [0.15, 0.2) is 25.3 Å². The third-order valence-electron chi connectivity index (χ3n) is 15.1. The van der Waals surface area contributed by atoms with Crippen LogP contribution in [-0.2, 0) is 46.0 Å². The number of esters is 2. The van der Waals surface area contributed by atoms with E-state index in [0.29, 0.717) is 32.1 Å². The highest BCUT2D eigenvalue weighted by Gasteiger charge is 2.72. The van der Waals surface area contributed by atoms with Gasteiger partial charge in [0.2, 0.25) is 0 Å². The van der Waals surface area contributed by atoms with E-state index in [1.54, 1.807) is 6.92 Å². The Labute approximate surface area is 300 Å². The molecule has 5 aliphatic carbocycles. The Hall–Kier alpha value is -3.22. The molecule has 5 aliphatic rings. The lowest BCUT2D eigenvalue weighted by molar-refractivity contribution is -0.224. The second-order valence-electron chi connectivity index (χ2n) is 17.7. The molecule has 0 spiro atoms. The van der Waals surface area contributed by atoms with Gasteiger partial charge in [-0.2, -0.15) is 0 Å². The summed E-state index contributed by atoms with van der Waals surface area (Å²) in [5.74, 6) is -4.27. The molecular formula is C38H52O12S. The summed E-state index contributed by atoms with van der Waals surface area (Å²) in [6, 6.07) is 0. The Morgan fingerprint density at radius 3 is 2.25 bits per heavy atom. The normalized spacial score (nSPS) is 41.7. The second kappa shape index (κ2) is 12.4. The van der Waals surface area contributed by atoms with Crippen LogP contribution in [-0.4, -0.2) is 49.1 Å². The van der Waals surface area contributed by atoms with E-state index in [-0.39, 0.29) is 59.3 Å². The van der Waals surface area contributed by atoms with E-state index in [9.17, 15) is 37.5 Å². The summed E-state index contributed by atoms with van der Waals surface area (Å²) in [5.41, 5.74) is -2.91. The van der Waals surface area contributed by atoms with Crippen molar-refractivity contribution in [2.45, 2.75) is 125 Å². The van der Waals surface area contributed by atoms with E-state index in [2.05, 4.69) is 27.7 Å². The van der Waals surface area contributed by atoms with Crippen LogP contribution in [0.5, 0.6) is 0 Å². The highest BCUT2D eigenvalue weighted by Crippen LogP contribution is 2.75. The minimum atomic E-state index is -2.80. The van der Waals surface area contributed by atoms with Gasteiger partial charge in [-0.25, -0.2) is 13.2 Å². The van der Waals surface area contributed by atoms with Gasteiger partial charge < -0.3 is 23.4 Å². The third-order valence-corrected chi connectivity index (χ3v) is 15.7. The molecule has 1 N–H and O–H groups in total. The van der Waals surface area contributed by atoms with Crippen molar-refractivity contribution in [3.63, 3.8) is 0 Å². The zero-order valence-corrected chi connectivity index (χ0v) is 31.7. The SMILES string of the molecule is Cc1oc(=O)oc1COC(=O)[C@]1(C)[C@@H](OC(=O)CC[SH](=O)=O)CC[C@@]2(C)[C@H]1CC[C@]1(C)[C@@H]2C(=O)C=C2[C@@H]3C[C@@](C)(C(=O)O)CC[C@]3(C)CC[C@]21C. The quantitative estimate of drug-likeness (QED) is 0.252. The zero-order valence-electron chi connectivity index (χ0n) is 30.8. The van der Waals surface area contributed by atoms with Crippen LogP contribution in [0.2, 0.25) is 0 Å². The molecule has 12 nitrogen and oxygen atoms in total. The summed E-state index contributed by atoms with van der Waals surface area (Å²) in [5, 5.41) is 10.2. The lowest BCUT2D eigenvalue weighted by Gasteiger charge is -2.70. The number of aliphatic carboxylic acids is 1. The molecule has 0 amide bonds. The lowest BCUT2D eigenvalue weighted by Crippen LogP contribution is -2.68. The largest absolute Gasteiger partial charge is 0.519 e. The van der Waals surface area contributed by atoms with Crippen molar-refractivity contribution in [3.05, 3.63) is 33.8 Å². The number of fused-ring (bicyclic) bond motifs is 7. The van der Waals surface area contributed by atoms with Gasteiger partial charge in [0.25, 0.3) is 0 Å². The number of carboxylic acid groups (broad SMARTS) is 1. The molecule has 6 rings (SSSR count). The van der Waals surface area contributed by atoms with Crippen molar-refractivity contribution < 1.29 is 51.0 Å².